The monoisotopic (exact) mass is 294 g/mol. The van der Waals surface area contributed by atoms with Gasteiger partial charge in [0.1, 0.15) is 5.69 Å². The maximum absolute atomic E-state index is 11.2. The number of hydrogen-bond donors (Lipinski definition) is 1. The van der Waals surface area contributed by atoms with Crippen molar-refractivity contribution in [1.82, 2.24) is 4.98 Å². The molecule has 1 N–H and O–H groups in total. The van der Waals surface area contributed by atoms with Gasteiger partial charge in [0.05, 0.1) is 10.4 Å². The highest BCUT2D eigenvalue weighted by molar-refractivity contribution is 5.99. The van der Waals surface area contributed by atoms with Gasteiger partial charge in [0.15, 0.2) is 0 Å². The van der Waals surface area contributed by atoms with E-state index in [1.54, 1.807) is 24.3 Å². The molecule has 6 nitrogen and oxygen atoms in total. The number of non-ortho nitro benzene ring substituents is 1. The number of fused-ring (bicyclic) bond motifs is 1. The number of nitro groups is 1. The minimum atomic E-state index is -1.14. The van der Waals surface area contributed by atoms with Crippen molar-refractivity contribution in [3.63, 3.8) is 0 Å². The van der Waals surface area contributed by atoms with E-state index >= 15 is 0 Å². The molecule has 0 aliphatic heterocycles. The minimum Gasteiger partial charge on any atom is -0.477 e. The number of para-hydroxylation sites is 1. The average molecular weight is 294 g/mol. The largest absolute Gasteiger partial charge is 0.477 e. The van der Waals surface area contributed by atoms with Crippen molar-refractivity contribution in [2.24, 2.45) is 0 Å². The van der Waals surface area contributed by atoms with Crippen molar-refractivity contribution in [3.05, 3.63) is 70.4 Å². The molecule has 6 heteroatoms. The highest BCUT2D eigenvalue weighted by Crippen LogP contribution is 2.30. The predicted molar refractivity (Wildman–Crippen MR) is 80.8 cm³/mol. The number of hydrogen-bond acceptors (Lipinski definition) is 4. The predicted octanol–water partition coefficient (Wildman–Crippen LogP) is 3.51. The minimum absolute atomic E-state index is 0.0460. The van der Waals surface area contributed by atoms with E-state index in [4.69, 9.17) is 0 Å². The number of carbonyl (C=O) groups is 1. The third kappa shape index (κ3) is 2.37. The van der Waals surface area contributed by atoms with Crippen molar-refractivity contribution >= 4 is 22.6 Å². The molecule has 0 saturated heterocycles. The quantitative estimate of drug-likeness (QED) is 0.589. The van der Waals surface area contributed by atoms with Crippen LogP contribution in [0.15, 0.2) is 54.6 Å². The van der Waals surface area contributed by atoms with E-state index in [9.17, 15) is 20.0 Å². The van der Waals surface area contributed by atoms with Crippen molar-refractivity contribution in [2.75, 3.05) is 0 Å². The highest BCUT2D eigenvalue weighted by Gasteiger charge is 2.14. The molecule has 0 unspecified atom stereocenters. The van der Waals surface area contributed by atoms with Gasteiger partial charge in [-0.25, -0.2) is 9.78 Å². The molecule has 0 radical (unpaired) electrons. The molecule has 3 aromatic rings. The third-order valence-electron chi connectivity index (χ3n) is 3.30. The third-order valence-corrected chi connectivity index (χ3v) is 3.30. The van der Waals surface area contributed by atoms with E-state index < -0.39 is 10.9 Å². The van der Waals surface area contributed by atoms with Gasteiger partial charge in [0, 0.05) is 17.5 Å². The van der Waals surface area contributed by atoms with Crippen LogP contribution >= 0.6 is 0 Å². The number of carboxylic acid groups (broad SMARTS) is 1. The summed E-state index contributed by atoms with van der Waals surface area (Å²) in [5, 5.41) is 20.9. The zero-order valence-corrected chi connectivity index (χ0v) is 11.3. The molecular weight excluding hydrogens is 284 g/mol. The fourth-order valence-electron chi connectivity index (χ4n) is 2.31. The number of aromatic nitrogens is 1. The van der Waals surface area contributed by atoms with Crippen LogP contribution in [0.1, 0.15) is 10.5 Å². The van der Waals surface area contributed by atoms with Crippen LogP contribution in [0.25, 0.3) is 22.0 Å². The summed E-state index contributed by atoms with van der Waals surface area (Å²) in [5.41, 5.74) is 1.57. The lowest BCUT2D eigenvalue weighted by Gasteiger charge is -2.08. The van der Waals surface area contributed by atoms with Crippen molar-refractivity contribution in [3.8, 4) is 11.1 Å². The van der Waals surface area contributed by atoms with Gasteiger partial charge < -0.3 is 5.11 Å². The second-order valence-corrected chi connectivity index (χ2v) is 4.68. The van der Waals surface area contributed by atoms with E-state index in [1.807, 2.05) is 12.1 Å². The first-order valence-electron chi connectivity index (χ1n) is 6.44. The Labute approximate surface area is 124 Å². The van der Waals surface area contributed by atoms with E-state index in [-0.39, 0.29) is 11.4 Å². The molecule has 108 valence electrons. The Morgan fingerprint density at radius 3 is 2.59 bits per heavy atom. The molecule has 0 atom stereocenters. The van der Waals surface area contributed by atoms with Crippen molar-refractivity contribution in [2.45, 2.75) is 0 Å². The van der Waals surface area contributed by atoms with Crippen molar-refractivity contribution < 1.29 is 14.8 Å². The van der Waals surface area contributed by atoms with E-state index in [0.717, 1.165) is 5.39 Å². The number of pyridine rings is 1. The smallest absolute Gasteiger partial charge is 0.354 e. The summed E-state index contributed by atoms with van der Waals surface area (Å²) in [6.45, 7) is 0. The fourth-order valence-corrected chi connectivity index (χ4v) is 2.31. The maximum atomic E-state index is 11.2. The van der Waals surface area contributed by atoms with Crippen LogP contribution < -0.4 is 0 Å². The van der Waals surface area contributed by atoms with Gasteiger partial charge in [-0.1, -0.05) is 30.3 Å². The van der Waals surface area contributed by atoms with Gasteiger partial charge in [0.2, 0.25) is 0 Å². The Bertz CT molecular complexity index is 906. The Morgan fingerprint density at radius 2 is 1.86 bits per heavy atom. The van der Waals surface area contributed by atoms with Gasteiger partial charge >= 0.3 is 5.97 Å². The SMILES string of the molecule is O=C(O)c1cc(-c2cccc([N+](=O)[O-])c2)c2ccccc2n1. The molecule has 3 rings (SSSR count). The maximum Gasteiger partial charge on any atom is 0.354 e. The molecule has 1 heterocycles. The van der Waals surface area contributed by atoms with Crippen LogP contribution in [0.4, 0.5) is 5.69 Å². The molecule has 0 saturated carbocycles. The standard InChI is InChI=1S/C16H10N2O4/c19-16(20)15-9-13(12-6-1-2-7-14(12)17-15)10-4-3-5-11(8-10)18(21)22/h1-9H,(H,19,20). The molecule has 1 aromatic heterocycles. The van der Waals surface area contributed by atoms with E-state index in [0.29, 0.717) is 16.6 Å². The van der Waals surface area contributed by atoms with Gasteiger partial charge in [-0.2, -0.15) is 0 Å². The Hall–Kier alpha value is -3.28. The van der Waals surface area contributed by atoms with Gasteiger partial charge in [-0.3, -0.25) is 10.1 Å². The Balaban J connectivity index is 2.31. The average Bonchev–Trinajstić information content (AvgIpc) is 2.53. The van der Waals surface area contributed by atoms with Crippen molar-refractivity contribution in [1.29, 1.82) is 0 Å². The van der Waals surface area contributed by atoms with Crippen LogP contribution in [0.5, 0.6) is 0 Å². The first kappa shape index (κ1) is 13.7. The molecule has 0 spiro atoms. The first-order valence-corrected chi connectivity index (χ1v) is 6.44. The molecule has 0 aliphatic rings. The molecule has 0 fully saturated rings. The number of nitrogens with zero attached hydrogens (tertiary/aromatic N) is 2. The van der Waals surface area contributed by atoms with Crippen LogP contribution in [-0.4, -0.2) is 21.0 Å². The fraction of sp³-hybridized carbons (Fsp3) is 0. The van der Waals surface area contributed by atoms with Crippen LogP contribution in [0.2, 0.25) is 0 Å². The molecule has 22 heavy (non-hydrogen) atoms. The Kier molecular flexibility index (Phi) is 3.27. The Morgan fingerprint density at radius 1 is 1.09 bits per heavy atom. The second kappa shape index (κ2) is 5.25. The summed E-state index contributed by atoms with van der Waals surface area (Å²) in [6.07, 6.45) is 0. The molecule has 0 amide bonds. The summed E-state index contributed by atoms with van der Waals surface area (Å²) in [5.74, 6) is -1.14. The zero-order chi connectivity index (χ0) is 15.7. The summed E-state index contributed by atoms with van der Waals surface area (Å²) in [6, 6.07) is 14.6. The topological polar surface area (TPSA) is 93.3 Å². The van der Waals surface area contributed by atoms with E-state index in [2.05, 4.69) is 4.98 Å². The molecule has 2 aromatic carbocycles. The number of nitro benzene ring substituents is 1. The summed E-state index contributed by atoms with van der Waals surface area (Å²) in [4.78, 5) is 25.8. The molecular formula is C16H10N2O4. The number of benzene rings is 2. The summed E-state index contributed by atoms with van der Waals surface area (Å²) in [7, 11) is 0. The normalized spacial score (nSPS) is 10.5. The lowest BCUT2D eigenvalue weighted by molar-refractivity contribution is -0.384. The van der Waals surface area contributed by atoms with E-state index in [1.165, 1.54) is 18.2 Å². The van der Waals surface area contributed by atoms with Gasteiger partial charge in [0.25, 0.3) is 5.69 Å². The highest BCUT2D eigenvalue weighted by atomic mass is 16.6. The summed E-state index contributed by atoms with van der Waals surface area (Å²) < 4.78 is 0. The van der Waals surface area contributed by atoms with Crippen LogP contribution in [0.3, 0.4) is 0 Å². The van der Waals surface area contributed by atoms with Crippen LogP contribution in [0, 0.1) is 10.1 Å². The lowest BCUT2D eigenvalue weighted by Crippen LogP contribution is -2.01. The van der Waals surface area contributed by atoms with Gasteiger partial charge in [-0.15, -0.1) is 0 Å². The zero-order valence-electron chi connectivity index (χ0n) is 11.3. The second-order valence-electron chi connectivity index (χ2n) is 4.68. The molecule has 0 aliphatic carbocycles. The van der Waals surface area contributed by atoms with Gasteiger partial charge in [-0.05, 0) is 23.3 Å². The lowest BCUT2D eigenvalue weighted by atomic mass is 9.99. The number of rotatable bonds is 3. The first-order chi connectivity index (χ1) is 10.6. The number of carboxylic acids is 1. The molecule has 0 bridgehead atoms. The van der Waals surface area contributed by atoms with Crippen LogP contribution in [-0.2, 0) is 0 Å². The number of aromatic carboxylic acids is 1. The summed E-state index contributed by atoms with van der Waals surface area (Å²) >= 11 is 0.